The first-order valence-corrected chi connectivity index (χ1v) is 7.88. The molecule has 1 saturated heterocycles. The van der Waals surface area contributed by atoms with Crippen LogP contribution in [0.15, 0.2) is 0 Å². The molecule has 21 heavy (non-hydrogen) atoms. The molecule has 0 aromatic heterocycles. The molecule has 3 aliphatic carbocycles. The standard InChI is InChI=1S/C15H20N2O4/c18-10(19)6-9-14(20)16-3-4-17(9)15(21)13-11-7-1-2-8(5-7)12(11)13/h7-9,11-13H,1-6H2,(H,16,20)(H,18,19). The Hall–Kier alpha value is -1.59. The van der Waals surface area contributed by atoms with Crippen LogP contribution in [0.4, 0.5) is 0 Å². The summed E-state index contributed by atoms with van der Waals surface area (Å²) >= 11 is 0. The van der Waals surface area contributed by atoms with Gasteiger partial charge in [-0.3, -0.25) is 14.4 Å². The van der Waals surface area contributed by atoms with Crippen LogP contribution in [0.3, 0.4) is 0 Å². The van der Waals surface area contributed by atoms with E-state index in [2.05, 4.69) is 5.32 Å². The molecular formula is C15H20N2O4. The molecular weight excluding hydrogens is 272 g/mol. The van der Waals surface area contributed by atoms with Crippen molar-refractivity contribution in [3.63, 3.8) is 0 Å². The van der Waals surface area contributed by atoms with Crippen molar-refractivity contribution in [2.24, 2.45) is 29.6 Å². The van der Waals surface area contributed by atoms with Crippen molar-refractivity contribution in [2.45, 2.75) is 31.7 Å². The summed E-state index contributed by atoms with van der Waals surface area (Å²) in [5.41, 5.74) is 0. The Morgan fingerprint density at radius 2 is 1.90 bits per heavy atom. The number of rotatable bonds is 3. The molecule has 114 valence electrons. The lowest BCUT2D eigenvalue weighted by molar-refractivity contribution is -0.149. The SMILES string of the molecule is O=C(O)CC1C(=O)NCCN1C(=O)C1C2C3CCC(C3)C12. The van der Waals surface area contributed by atoms with Gasteiger partial charge in [0.1, 0.15) is 6.04 Å². The van der Waals surface area contributed by atoms with E-state index in [4.69, 9.17) is 5.11 Å². The molecule has 0 spiro atoms. The van der Waals surface area contributed by atoms with Gasteiger partial charge in [-0.25, -0.2) is 0 Å². The fraction of sp³-hybridized carbons (Fsp3) is 0.800. The van der Waals surface area contributed by atoms with E-state index >= 15 is 0 Å². The summed E-state index contributed by atoms with van der Waals surface area (Å²) in [4.78, 5) is 37.2. The van der Waals surface area contributed by atoms with Crippen molar-refractivity contribution < 1.29 is 19.5 Å². The van der Waals surface area contributed by atoms with Gasteiger partial charge in [-0.15, -0.1) is 0 Å². The van der Waals surface area contributed by atoms with Gasteiger partial charge in [-0.1, -0.05) is 0 Å². The number of piperazine rings is 1. The molecule has 2 amide bonds. The maximum atomic E-state index is 12.8. The molecule has 6 heteroatoms. The van der Waals surface area contributed by atoms with Crippen LogP contribution in [-0.2, 0) is 14.4 Å². The highest BCUT2D eigenvalue weighted by atomic mass is 16.4. The topological polar surface area (TPSA) is 86.7 Å². The van der Waals surface area contributed by atoms with Crippen LogP contribution < -0.4 is 5.32 Å². The van der Waals surface area contributed by atoms with Crippen molar-refractivity contribution in [1.29, 1.82) is 0 Å². The Balaban J connectivity index is 1.50. The van der Waals surface area contributed by atoms with Crippen LogP contribution in [0.25, 0.3) is 0 Å². The second-order valence-electron chi connectivity index (χ2n) is 6.95. The summed E-state index contributed by atoms with van der Waals surface area (Å²) < 4.78 is 0. The molecule has 5 unspecified atom stereocenters. The Morgan fingerprint density at radius 3 is 2.52 bits per heavy atom. The van der Waals surface area contributed by atoms with Gasteiger partial charge in [0.2, 0.25) is 11.8 Å². The highest BCUT2D eigenvalue weighted by Crippen LogP contribution is 2.69. The van der Waals surface area contributed by atoms with E-state index in [1.165, 1.54) is 24.2 Å². The summed E-state index contributed by atoms with van der Waals surface area (Å²) in [5, 5.41) is 11.6. The van der Waals surface area contributed by atoms with Crippen molar-refractivity contribution in [2.75, 3.05) is 13.1 Å². The van der Waals surface area contributed by atoms with E-state index in [0.717, 1.165) is 0 Å². The van der Waals surface area contributed by atoms with Crippen LogP contribution in [0.1, 0.15) is 25.7 Å². The van der Waals surface area contributed by atoms with Crippen LogP contribution >= 0.6 is 0 Å². The second kappa shape index (κ2) is 4.45. The highest BCUT2D eigenvalue weighted by Gasteiger charge is 2.68. The highest BCUT2D eigenvalue weighted by molar-refractivity contribution is 5.93. The maximum absolute atomic E-state index is 12.8. The van der Waals surface area contributed by atoms with Gasteiger partial charge >= 0.3 is 5.97 Å². The first-order valence-electron chi connectivity index (χ1n) is 7.88. The molecule has 4 rings (SSSR count). The third-order valence-corrected chi connectivity index (χ3v) is 6.00. The van der Waals surface area contributed by atoms with Crippen molar-refractivity contribution in [1.82, 2.24) is 10.2 Å². The third kappa shape index (κ3) is 1.88. The Bertz CT molecular complexity index is 504. The summed E-state index contributed by atoms with van der Waals surface area (Å²) in [7, 11) is 0. The van der Waals surface area contributed by atoms with E-state index < -0.39 is 12.0 Å². The van der Waals surface area contributed by atoms with Crippen molar-refractivity contribution in [3.05, 3.63) is 0 Å². The molecule has 0 aromatic rings. The minimum absolute atomic E-state index is 0.0303. The molecule has 3 saturated carbocycles. The van der Waals surface area contributed by atoms with Crippen LogP contribution in [-0.4, -0.2) is 46.9 Å². The molecule has 4 aliphatic rings. The summed E-state index contributed by atoms with van der Waals surface area (Å²) in [6.45, 7) is 0.864. The maximum Gasteiger partial charge on any atom is 0.305 e. The number of carboxylic acids is 1. The Kier molecular flexibility index (Phi) is 2.78. The number of nitrogens with zero attached hydrogens (tertiary/aromatic N) is 1. The fourth-order valence-corrected chi connectivity index (χ4v) is 5.19. The Labute approximate surface area is 122 Å². The van der Waals surface area contributed by atoms with Crippen LogP contribution in [0.2, 0.25) is 0 Å². The lowest BCUT2D eigenvalue weighted by atomic mass is 10.00. The molecule has 5 atom stereocenters. The van der Waals surface area contributed by atoms with Gasteiger partial charge in [0.05, 0.1) is 6.42 Å². The number of amides is 2. The molecule has 1 aliphatic heterocycles. The first-order chi connectivity index (χ1) is 10.1. The first kappa shape index (κ1) is 13.1. The van der Waals surface area contributed by atoms with Crippen molar-refractivity contribution in [3.8, 4) is 0 Å². The minimum Gasteiger partial charge on any atom is -0.481 e. The quantitative estimate of drug-likeness (QED) is 0.771. The van der Waals surface area contributed by atoms with E-state index in [1.54, 1.807) is 0 Å². The second-order valence-corrected chi connectivity index (χ2v) is 6.95. The fourth-order valence-electron chi connectivity index (χ4n) is 5.19. The lowest BCUT2D eigenvalue weighted by Crippen LogP contribution is -2.58. The van der Waals surface area contributed by atoms with E-state index in [-0.39, 0.29) is 24.2 Å². The normalized spacial score (nSPS) is 43.4. The number of hydrogen-bond donors (Lipinski definition) is 2. The molecule has 2 N–H and O–H groups in total. The van der Waals surface area contributed by atoms with Crippen LogP contribution in [0, 0.1) is 29.6 Å². The zero-order valence-electron chi connectivity index (χ0n) is 11.8. The summed E-state index contributed by atoms with van der Waals surface area (Å²) in [6, 6.07) is -0.831. The average Bonchev–Trinajstić information content (AvgIpc) is 2.87. The van der Waals surface area contributed by atoms with Gasteiger partial charge in [0, 0.05) is 19.0 Å². The zero-order valence-corrected chi connectivity index (χ0v) is 11.8. The number of hydrogen-bond acceptors (Lipinski definition) is 3. The molecule has 0 radical (unpaired) electrons. The smallest absolute Gasteiger partial charge is 0.305 e. The van der Waals surface area contributed by atoms with E-state index in [9.17, 15) is 14.4 Å². The predicted octanol–water partition coefficient (Wildman–Crippen LogP) is 0.0802. The third-order valence-electron chi connectivity index (χ3n) is 6.00. The minimum atomic E-state index is -1.04. The van der Waals surface area contributed by atoms with Gasteiger partial charge in [0.25, 0.3) is 0 Å². The Morgan fingerprint density at radius 1 is 1.24 bits per heavy atom. The summed E-state index contributed by atoms with van der Waals surface area (Å²) in [5.74, 6) is 1.17. The summed E-state index contributed by atoms with van der Waals surface area (Å²) in [6.07, 6.45) is 3.47. The zero-order chi connectivity index (χ0) is 14.7. The molecule has 4 fully saturated rings. The van der Waals surface area contributed by atoms with Gasteiger partial charge in [-0.05, 0) is 42.9 Å². The molecule has 1 heterocycles. The predicted molar refractivity (Wildman–Crippen MR) is 72.1 cm³/mol. The number of carbonyl (C=O) groups is 3. The monoisotopic (exact) mass is 292 g/mol. The van der Waals surface area contributed by atoms with Gasteiger partial charge in [-0.2, -0.15) is 0 Å². The molecule has 6 nitrogen and oxygen atoms in total. The number of carbonyl (C=O) groups excluding carboxylic acids is 2. The molecule has 2 bridgehead atoms. The number of carboxylic acid groups (broad SMARTS) is 1. The van der Waals surface area contributed by atoms with Crippen LogP contribution in [0.5, 0.6) is 0 Å². The molecule has 0 aromatic carbocycles. The van der Waals surface area contributed by atoms with Gasteiger partial charge < -0.3 is 15.3 Å². The van der Waals surface area contributed by atoms with Crippen molar-refractivity contribution >= 4 is 17.8 Å². The average molecular weight is 292 g/mol. The van der Waals surface area contributed by atoms with Gasteiger partial charge in [0.15, 0.2) is 0 Å². The number of nitrogens with one attached hydrogen (secondary N) is 1. The number of aliphatic carboxylic acids is 1. The number of fused-ring (bicyclic) bond motifs is 5. The lowest BCUT2D eigenvalue weighted by Gasteiger charge is -2.35. The largest absolute Gasteiger partial charge is 0.481 e. The van der Waals surface area contributed by atoms with E-state index in [1.807, 2.05) is 0 Å². The van der Waals surface area contributed by atoms with E-state index in [0.29, 0.717) is 36.8 Å².